The molecule has 0 aliphatic rings. The van der Waals surface area contributed by atoms with Crippen molar-refractivity contribution < 1.29 is 4.39 Å². The van der Waals surface area contributed by atoms with Gasteiger partial charge in [0.1, 0.15) is 23.4 Å². The lowest BCUT2D eigenvalue weighted by molar-refractivity contribution is 0.628. The van der Waals surface area contributed by atoms with Gasteiger partial charge in [-0.3, -0.25) is 5.10 Å². The molecule has 0 atom stereocenters. The maximum atomic E-state index is 13.8. The highest BCUT2D eigenvalue weighted by atomic mass is 19.1. The number of fused-ring (bicyclic) bond motifs is 2. The Morgan fingerprint density at radius 1 is 0.806 bits per heavy atom. The number of hydrogen-bond donors (Lipinski definition) is 2. The molecule has 7 heteroatoms. The monoisotopic (exact) mass is 406 g/mol. The Morgan fingerprint density at radius 2 is 1.68 bits per heavy atom. The minimum atomic E-state index is -0.259. The number of H-pyrrole nitrogens is 2. The number of hydrogen-bond acceptors (Lipinski definition) is 4. The first-order valence-corrected chi connectivity index (χ1v) is 9.75. The molecular formula is C24H15FN6. The normalized spacial score (nSPS) is 11.4. The molecule has 0 bridgehead atoms. The van der Waals surface area contributed by atoms with Gasteiger partial charge in [-0.25, -0.2) is 19.3 Å². The molecule has 2 aromatic carbocycles. The molecule has 148 valence electrons. The number of aromatic nitrogens is 6. The average Bonchev–Trinajstić information content (AvgIpc) is 3.43. The van der Waals surface area contributed by atoms with Crippen LogP contribution < -0.4 is 0 Å². The maximum absolute atomic E-state index is 13.8. The van der Waals surface area contributed by atoms with E-state index in [4.69, 9.17) is 4.98 Å². The van der Waals surface area contributed by atoms with Crippen LogP contribution in [0, 0.1) is 5.82 Å². The van der Waals surface area contributed by atoms with Crippen LogP contribution in [0.3, 0.4) is 0 Å². The summed E-state index contributed by atoms with van der Waals surface area (Å²) >= 11 is 0. The summed E-state index contributed by atoms with van der Waals surface area (Å²) in [5.74, 6) is -0.259. The molecule has 2 N–H and O–H groups in total. The number of rotatable bonds is 3. The first-order chi connectivity index (χ1) is 15.3. The van der Waals surface area contributed by atoms with Crippen LogP contribution in [0.5, 0.6) is 0 Å². The standard InChI is InChI=1S/C24H15FN6/c25-16-4-1-3-14(9-16)17-5-2-6-20-18(17)10-22(28-20)24-23-21(30-31-24)8-7-19(29-23)15-11-26-13-27-12-15/h1-13,28H,(H,30,31). The largest absolute Gasteiger partial charge is 0.353 e. The van der Waals surface area contributed by atoms with Crippen molar-refractivity contribution in [2.24, 2.45) is 0 Å². The van der Waals surface area contributed by atoms with Crippen LogP contribution in [0.4, 0.5) is 4.39 Å². The molecule has 6 rings (SSSR count). The molecule has 0 aliphatic heterocycles. The second-order valence-electron chi connectivity index (χ2n) is 7.25. The van der Waals surface area contributed by atoms with E-state index in [2.05, 4.69) is 25.1 Å². The molecule has 6 aromatic rings. The number of nitrogens with zero attached hydrogens (tertiary/aromatic N) is 4. The van der Waals surface area contributed by atoms with Gasteiger partial charge in [0.25, 0.3) is 0 Å². The maximum Gasteiger partial charge on any atom is 0.135 e. The van der Waals surface area contributed by atoms with Crippen LogP contribution >= 0.6 is 0 Å². The Bertz CT molecular complexity index is 1550. The van der Waals surface area contributed by atoms with E-state index in [0.29, 0.717) is 0 Å². The third-order valence-corrected chi connectivity index (χ3v) is 5.32. The molecule has 0 radical (unpaired) electrons. The lowest BCUT2D eigenvalue weighted by atomic mass is 10.0. The predicted octanol–water partition coefficient (Wildman–Crippen LogP) is 5.37. The Balaban J connectivity index is 1.52. The molecule has 0 unspecified atom stereocenters. The van der Waals surface area contributed by atoms with Gasteiger partial charge in [0, 0.05) is 28.9 Å². The topological polar surface area (TPSA) is 83.1 Å². The van der Waals surface area contributed by atoms with Crippen molar-refractivity contribution in [3.63, 3.8) is 0 Å². The predicted molar refractivity (Wildman–Crippen MR) is 118 cm³/mol. The Hall–Kier alpha value is -4.39. The van der Waals surface area contributed by atoms with Gasteiger partial charge in [0.2, 0.25) is 0 Å². The van der Waals surface area contributed by atoms with Crippen LogP contribution in [0.2, 0.25) is 0 Å². The molecule has 4 aromatic heterocycles. The van der Waals surface area contributed by atoms with Crippen molar-refractivity contribution in [1.82, 2.24) is 30.1 Å². The summed E-state index contributed by atoms with van der Waals surface area (Å²) in [6.45, 7) is 0. The van der Waals surface area contributed by atoms with Crippen molar-refractivity contribution in [1.29, 1.82) is 0 Å². The van der Waals surface area contributed by atoms with Crippen LogP contribution in [0.15, 0.2) is 79.4 Å². The van der Waals surface area contributed by atoms with Crippen LogP contribution in [0.25, 0.3) is 55.7 Å². The van der Waals surface area contributed by atoms with Gasteiger partial charge in [-0.2, -0.15) is 5.10 Å². The molecular weight excluding hydrogens is 391 g/mol. The second kappa shape index (κ2) is 6.84. The van der Waals surface area contributed by atoms with E-state index in [1.54, 1.807) is 24.5 Å². The summed E-state index contributed by atoms with van der Waals surface area (Å²) < 4.78 is 13.8. The smallest absolute Gasteiger partial charge is 0.135 e. The van der Waals surface area contributed by atoms with E-state index in [1.165, 1.54) is 12.4 Å². The van der Waals surface area contributed by atoms with Crippen molar-refractivity contribution in [3.05, 3.63) is 85.2 Å². The van der Waals surface area contributed by atoms with E-state index in [1.807, 2.05) is 42.5 Å². The van der Waals surface area contributed by atoms with E-state index >= 15 is 0 Å². The van der Waals surface area contributed by atoms with Gasteiger partial charge < -0.3 is 4.98 Å². The zero-order valence-electron chi connectivity index (χ0n) is 16.2. The van der Waals surface area contributed by atoms with Gasteiger partial charge in [0.15, 0.2) is 0 Å². The van der Waals surface area contributed by atoms with E-state index in [0.717, 1.165) is 55.7 Å². The van der Waals surface area contributed by atoms with Gasteiger partial charge in [0.05, 0.1) is 16.9 Å². The molecule has 0 saturated heterocycles. The highest BCUT2D eigenvalue weighted by Crippen LogP contribution is 2.34. The van der Waals surface area contributed by atoms with Crippen LogP contribution in [-0.4, -0.2) is 30.1 Å². The van der Waals surface area contributed by atoms with Crippen molar-refractivity contribution >= 4 is 21.9 Å². The summed E-state index contributed by atoms with van der Waals surface area (Å²) in [5, 5.41) is 8.54. The van der Waals surface area contributed by atoms with Crippen LogP contribution in [-0.2, 0) is 0 Å². The summed E-state index contributed by atoms with van der Waals surface area (Å²) in [5.41, 5.74) is 7.46. The molecule has 0 saturated carbocycles. The third kappa shape index (κ3) is 2.95. The number of nitrogens with one attached hydrogen (secondary N) is 2. The first kappa shape index (κ1) is 17.5. The zero-order valence-corrected chi connectivity index (χ0v) is 16.2. The fourth-order valence-corrected chi connectivity index (χ4v) is 3.87. The number of halogens is 1. The minimum absolute atomic E-state index is 0.259. The van der Waals surface area contributed by atoms with E-state index < -0.39 is 0 Å². The fraction of sp³-hybridized carbons (Fsp3) is 0. The first-order valence-electron chi connectivity index (χ1n) is 9.75. The number of pyridine rings is 1. The molecule has 6 nitrogen and oxygen atoms in total. The third-order valence-electron chi connectivity index (χ3n) is 5.32. The fourth-order valence-electron chi connectivity index (χ4n) is 3.87. The van der Waals surface area contributed by atoms with Gasteiger partial charge in [-0.1, -0.05) is 24.3 Å². The quantitative estimate of drug-likeness (QED) is 0.414. The number of benzene rings is 2. The SMILES string of the molecule is Fc1cccc(-c2cccc3[nH]c(-c4n[nH]c5ccc(-c6cncnc6)nc45)cc23)c1. The lowest BCUT2D eigenvalue weighted by Gasteiger charge is -2.03. The molecule has 0 spiro atoms. The highest BCUT2D eigenvalue weighted by Gasteiger charge is 2.15. The molecule has 4 heterocycles. The van der Waals surface area contributed by atoms with Crippen molar-refractivity contribution in [3.8, 4) is 33.8 Å². The second-order valence-corrected chi connectivity index (χ2v) is 7.25. The summed E-state index contributed by atoms with van der Waals surface area (Å²) in [6.07, 6.45) is 4.95. The van der Waals surface area contributed by atoms with E-state index in [9.17, 15) is 4.39 Å². The minimum Gasteiger partial charge on any atom is -0.353 e. The average molecular weight is 406 g/mol. The van der Waals surface area contributed by atoms with Gasteiger partial charge in [-0.05, 0) is 47.5 Å². The van der Waals surface area contributed by atoms with Gasteiger partial charge >= 0.3 is 0 Å². The Labute approximate surface area is 175 Å². The summed E-state index contributed by atoms with van der Waals surface area (Å²) in [4.78, 5) is 16.4. The molecule has 0 amide bonds. The zero-order chi connectivity index (χ0) is 20.8. The summed E-state index contributed by atoms with van der Waals surface area (Å²) in [7, 11) is 0. The highest BCUT2D eigenvalue weighted by molar-refractivity contribution is 6.00. The Kier molecular flexibility index (Phi) is 3.86. The van der Waals surface area contributed by atoms with Crippen molar-refractivity contribution in [2.75, 3.05) is 0 Å². The Morgan fingerprint density at radius 3 is 2.55 bits per heavy atom. The molecule has 31 heavy (non-hydrogen) atoms. The number of aromatic amines is 2. The summed E-state index contributed by atoms with van der Waals surface area (Å²) in [6, 6.07) is 18.5. The lowest BCUT2D eigenvalue weighted by Crippen LogP contribution is -1.87. The van der Waals surface area contributed by atoms with Crippen molar-refractivity contribution in [2.45, 2.75) is 0 Å². The van der Waals surface area contributed by atoms with Crippen LogP contribution in [0.1, 0.15) is 0 Å². The van der Waals surface area contributed by atoms with Gasteiger partial charge in [-0.15, -0.1) is 0 Å². The van der Waals surface area contributed by atoms with E-state index in [-0.39, 0.29) is 5.82 Å². The molecule has 0 fully saturated rings. The molecule has 0 aliphatic carbocycles.